The van der Waals surface area contributed by atoms with Gasteiger partial charge in [-0.2, -0.15) is 5.26 Å². The second-order valence-electron chi connectivity index (χ2n) is 7.57. The molecule has 30 heavy (non-hydrogen) atoms. The molecular weight excluding hydrogens is 364 g/mol. The van der Waals surface area contributed by atoms with E-state index < -0.39 is 0 Å². The molecule has 0 aliphatic heterocycles. The van der Waals surface area contributed by atoms with Gasteiger partial charge in [0.2, 0.25) is 0 Å². The molecule has 0 aliphatic rings. The second kappa shape index (κ2) is 8.68. The molecule has 0 fully saturated rings. The first-order valence-electron chi connectivity index (χ1n) is 10.2. The quantitative estimate of drug-likeness (QED) is 0.356. The van der Waals surface area contributed by atoms with Gasteiger partial charge < -0.3 is 4.57 Å². The van der Waals surface area contributed by atoms with E-state index in [0.29, 0.717) is 5.56 Å². The maximum Gasteiger partial charge on any atom is 0.101 e. The molecular formula is C28H24N2. The Morgan fingerprint density at radius 3 is 2.23 bits per heavy atom. The highest BCUT2D eigenvalue weighted by molar-refractivity contribution is 5.74. The molecule has 2 heteroatoms. The Morgan fingerprint density at radius 2 is 1.53 bits per heavy atom. The van der Waals surface area contributed by atoms with Crippen LogP contribution >= 0.6 is 0 Å². The minimum absolute atomic E-state index is 0.686. The van der Waals surface area contributed by atoms with E-state index in [1.165, 1.54) is 11.1 Å². The van der Waals surface area contributed by atoms with Crippen LogP contribution in [0, 0.1) is 11.3 Å². The smallest absolute Gasteiger partial charge is 0.101 e. The van der Waals surface area contributed by atoms with Crippen LogP contribution in [0.4, 0.5) is 0 Å². The predicted molar refractivity (Wildman–Crippen MR) is 124 cm³/mol. The Morgan fingerprint density at radius 1 is 0.833 bits per heavy atom. The molecule has 0 saturated heterocycles. The van der Waals surface area contributed by atoms with E-state index in [1.807, 2.05) is 29.8 Å². The summed E-state index contributed by atoms with van der Waals surface area (Å²) in [5, 5.41) is 9.78. The summed E-state index contributed by atoms with van der Waals surface area (Å²) in [5.41, 5.74) is 8.57. The summed E-state index contributed by atoms with van der Waals surface area (Å²) in [6.45, 7) is 6.00. The van der Waals surface area contributed by atoms with E-state index >= 15 is 0 Å². The van der Waals surface area contributed by atoms with Gasteiger partial charge in [0.05, 0.1) is 5.56 Å². The number of benzene rings is 3. The molecule has 0 aliphatic carbocycles. The number of hydrogen-bond donors (Lipinski definition) is 0. The topological polar surface area (TPSA) is 28.7 Å². The molecule has 146 valence electrons. The van der Waals surface area contributed by atoms with Crippen molar-refractivity contribution in [1.82, 2.24) is 4.57 Å². The second-order valence-corrected chi connectivity index (χ2v) is 7.57. The molecule has 0 amide bonds. The molecule has 3 aromatic carbocycles. The zero-order valence-corrected chi connectivity index (χ0v) is 17.2. The van der Waals surface area contributed by atoms with Gasteiger partial charge in [0.25, 0.3) is 0 Å². The first-order valence-corrected chi connectivity index (χ1v) is 10.2. The molecule has 0 bridgehead atoms. The molecule has 0 spiro atoms. The van der Waals surface area contributed by atoms with Crippen molar-refractivity contribution in [1.29, 1.82) is 5.26 Å². The minimum Gasteiger partial charge on any atom is -0.322 e. The van der Waals surface area contributed by atoms with Gasteiger partial charge in [-0.15, -0.1) is 0 Å². The Hall–Kier alpha value is -3.83. The monoisotopic (exact) mass is 388 g/mol. The van der Waals surface area contributed by atoms with Crippen molar-refractivity contribution in [2.45, 2.75) is 19.8 Å². The first-order chi connectivity index (χ1) is 14.7. The molecule has 0 saturated carbocycles. The van der Waals surface area contributed by atoms with Crippen LogP contribution in [0.3, 0.4) is 0 Å². The number of hydrogen-bond acceptors (Lipinski definition) is 1. The lowest BCUT2D eigenvalue weighted by Crippen LogP contribution is -1.94. The van der Waals surface area contributed by atoms with Crippen LogP contribution in [0.1, 0.15) is 29.2 Å². The van der Waals surface area contributed by atoms with E-state index in [0.717, 1.165) is 40.8 Å². The van der Waals surface area contributed by atoms with Crippen molar-refractivity contribution in [3.8, 4) is 22.9 Å². The molecule has 0 radical (unpaired) electrons. The summed E-state index contributed by atoms with van der Waals surface area (Å²) in [6.07, 6.45) is 5.89. The zero-order valence-electron chi connectivity index (χ0n) is 17.2. The lowest BCUT2D eigenvalue weighted by atomic mass is 9.95. The lowest BCUT2D eigenvalue weighted by molar-refractivity contribution is 0.962. The Kier molecular flexibility index (Phi) is 5.63. The van der Waals surface area contributed by atoms with Crippen LogP contribution in [0.2, 0.25) is 0 Å². The molecule has 4 rings (SSSR count). The highest BCUT2D eigenvalue weighted by atomic mass is 14.9. The van der Waals surface area contributed by atoms with Gasteiger partial charge in [-0.3, -0.25) is 0 Å². The van der Waals surface area contributed by atoms with Crippen molar-refractivity contribution in [2.75, 3.05) is 0 Å². The van der Waals surface area contributed by atoms with Gasteiger partial charge >= 0.3 is 0 Å². The van der Waals surface area contributed by atoms with E-state index in [-0.39, 0.29) is 0 Å². The lowest BCUT2D eigenvalue weighted by Gasteiger charge is -2.09. The number of allylic oxidation sites excluding steroid dienone is 1. The molecule has 0 atom stereocenters. The number of aryl methyl sites for hydroxylation is 2. The van der Waals surface area contributed by atoms with Gasteiger partial charge in [-0.05, 0) is 54.2 Å². The van der Waals surface area contributed by atoms with Crippen molar-refractivity contribution >= 4 is 5.57 Å². The summed E-state index contributed by atoms with van der Waals surface area (Å²) in [5.74, 6) is 0. The Labute approximate surface area is 178 Å². The maximum absolute atomic E-state index is 9.78. The summed E-state index contributed by atoms with van der Waals surface area (Å²) in [7, 11) is 0. The van der Waals surface area contributed by atoms with Crippen molar-refractivity contribution in [3.63, 3.8) is 0 Å². The van der Waals surface area contributed by atoms with Gasteiger partial charge in [-0.1, -0.05) is 78.9 Å². The van der Waals surface area contributed by atoms with Gasteiger partial charge in [0.1, 0.15) is 6.07 Å². The standard InChI is InChI=1S/C28H24N2/c1-21(2)23-14-16-26(17-15-23)30-19-25(18-29)28(20-30)27-11-7-6-10-24(27)13-12-22-8-4-3-5-9-22/h3-11,14-17,19-20H,1,12-13H2,2H3. The fourth-order valence-corrected chi connectivity index (χ4v) is 3.75. The number of rotatable bonds is 6. The highest BCUT2D eigenvalue weighted by Gasteiger charge is 2.13. The summed E-state index contributed by atoms with van der Waals surface area (Å²) in [6, 6.07) is 29.6. The van der Waals surface area contributed by atoms with E-state index in [9.17, 15) is 5.26 Å². The third-order valence-corrected chi connectivity index (χ3v) is 5.44. The normalized spacial score (nSPS) is 10.5. The zero-order chi connectivity index (χ0) is 20.9. The Balaban J connectivity index is 1.67. The van der Waals surface area contributed by atoms with Crippen molar-refractivity contribution in [3.05, 3.63) is 120 Å². The third-order valence-electron chi connectivity index (χ3n) is 5.44. The van der Waals surface area contributed by atoms with Gasteiger partial charge in [0, 0.05) is 23.6 Å². The number of aromatic nitrogens is 1. The van der Waals surface area contributed by atoms with Crippen LogP contribution in [0.5, 0.6) is 0 Å². The van der Waals surface area contributed by atoms with Crippen LogP contribution < -0.4 is 0 Å². The number of nitriles is 1. The SMILES string of the molecule is C=C(C)c1ccc(-n2cc(C#N)c(-c3ccccc3CCc3ccccc3)c2)cc1. The van der Waals surface area contributed by atoms with Crippen LogP contribution in [-0.4, -0.2) is 4.57 Å². The molecule has 2 nitrogen and oxygen atoms in total. The molecule has 1 heterocycles. The molecule has 4 aromatic rings. The molecule has 0 unspecified atom stereocenters. The van der Waals surface area contributed by atoms with Crippen molar-refractivity contribution < 1.29 is 0 Å². The van der Waals surface area contributed by atoms with Gasteiger partial charge in [-0.25, -0.2) is 0 Å². The summed E-state index contributed by atoms with van der Waals surface area (Å²) < 4.78 is 2.03. The maximum atomic E-state index is 9.78. The fraction of sp³-hybridized carbons (Fsp3) is 0.107. The third kappa shape index (κ3) is 4.11. The highest BCUT2D eigenvalue weighted by Crippen LogP contribution is 2.30. The first kappa shape index (κ1) is 19.5. The summed E-state index contributed by atoms with van der Waals surface area (Å²) in [4.78, 5) is 0. The minimum atomic E-state index is 0.686. The average Bonchev–Trinajstić information content (AvgIpc) is 3.23. The Bertz CT molecular complexity index is 1210. The van der Waals surface area contributed by atoms with E-state index in [2.05, 4.69) is 85.6 Å². The van der Waals surface area contributed by atoms with E-state index in [4.69, 9.17) is 0 Å². The average molecular weight is 389 g/mol. The van der Waals surface area contributed by atoms with Crippen LogP contribution in [-0.2, 0) is 12.8 Å². The molecule has 1 aromatic heterocycles. The fourth-order valence-electron chi connectivity index (χ4n) is 3.75. The van der Waals surface area contributed by atoms with E-state index in [1.54, 1.807) is 0 Å². The molecule has 0 N–H and O–H groups in total. The number of nitrogens with zero attached hydrogens (tertiary/aromatic N) is 2. The van der Waals surface area contributed by atoms with Crippen molar-refractivity contribution in [2.24, 2.45) is 0 Å². The largest absolute Gasteiger partial charge is 0.322 e. The van der Waals surface area contributed by atoms with Crippen LogP contribution in [0.15, 0.2) is 97.8 Å². The summed E-state index contributed by atoms with van der Waals surface area (Å²) >= 11 is 0. The van der Waals surface area contributed by atoms with Crippen LogP contribution in [0.25, 0.3) is 22.4 Å². The van der Waals surface area contributed by atoms with Gasteiger partial charge in [0.15, 0.2) is 0 Å². The predicted octanol–water partition coefficient (Wildman–Crippen LogP) is 6.83.